The van der Waals surface area contributed by atoms with Gasteiger partial charge in [0.05, 0.1) is 0 Å². The first kappa shape index (κ1) is 13.6. The molecule has 3 fully saturated rings. The van der Waals surface area contributed by atoms with Crippen molar-refractivity contribution in [3.05, 3.63) is 23.8 Å². The third-order valence-electron chi connectivity index (χ3n) is 5.07. The molecule has 0 radical (unpaired) electrons. The molecule has 2 aliphatic heterocycles. The molecule has 114 valence electrons. The highest BCUT2D eigenvalue weighted by Crippen LogP contribution is 2.37. The molecule has 0 atom stereocenters. The molecule has 5 heteroatoms. The molecule has 1 aliphatic carbocycles. The first-order chi connectivity index (χ1) is 10.3. The first-order valence-electron chi connectivity index (χ1n) is 8.24. The summed E-state index contributed by atoms with van der Waals surface area (Å²) in [4.78, 5) is 16.6. The fourth-order valence-electron chi connectivity index (χ4n) is 3.35. The largest absolute Gasteiger partial charge is 0.304 e. The molecular weight excluding hydrogens is 262 g/mol. The van der Waals surface area contributed by atoms with Gasteiger partial charge in [0.2, 0.25) is 0 Å². The van der Waals surface area contributed by atoms with Gasteiger partial charge >= 0.3 is 0 Å². The van der Waals surface area contributed by atoms with Crippen LogP contribution >= 0.6 is 0 Å². The summed E-state index contributed by atoms with van der Waals surface area (Å²) >= 11 is 0. The maximum Gasteiger partial charge on any atom is 0.131 e. The topological polar surface area (TPSA) is 35.5 Å². The average molecular weight is 287 g/mol. The van der Waals surface area contributed by atoms with Crippen molar-refractivity contribution in [2.75, 3.05) is 46.3 Å². The zero-order chi connectivity index (χ0) is 14.2. The highest BCUT2D eigenvalue weighted by atomic mass is 15.3. The summed E-state index contributed by atoms with van der Waals surface area (Å²) < 4.78 is 0. The van der Waals surface area contributed by atoms with Gasteiger partial charge in [0, 0.05) is 75.7 Å². The third-order valence-corrected chi connectivity index (χ3v) is 5.07. The van der Waals surface area contributed by atoms with Crippen molar-refractivity contribution in [1.82, 2.24) is 24.7 Å². The Labute approximate surface area is 127 Å². The Kier molecular flexibility index (Phi) is 3.65. The summed E-state index contributed by atoms with van der Waals surface area (Å²) in [6.07, 6.45) is 6.62. The number of nitrogens with zero attached hydrogens (tertiary/aromatic N) is 5. The van der Waals surface area contributed by atoms with Gasteiger partial charge in [-0.15, -0.1) is 0 Å². The average Bonchev–Trinajstić information content (AvgIpc) is 3.29. The summed E-state index contributed by atoms with van der Waals surface area (Å²) in [6, 6.07) is 0.769. The molecular formula is C16H25N5. The van der Waals surface area contributed by atoms with Gasteiger partial charge in [0.15, 0.2) is 0 Å². The summed E-state index contributed by atoms with van der Waals surface area (Å²) in [5.74, 6) is 1.71. The van der Waals surface area contributed by atoms with Gasteiger partial charge in [-0.25, -0.2) is 9.97 Å². The predicted molar refractivity (Wildman–Crippen MR) is 82.1 cm³/mol. The molecule has 3 aliphatic rings. The Morgan fingerprint density at radius 3 is 2.33 bits per heavy atom. The summed E-state index contributed by atoms with van der Waals surface area (Å²) in [5, 5.41) is 0. The van der Waals surface area contributed by atoms with Crippen molar-refractivity contribution in [3.8, 4) is 0 Å². The van der Waals surface area contributed by atoms with Crippen molar-refractivity contribution < 1.29 is 0 Å². The molecule has 2 saturated heterocycles. The molecule has 0 unspecified atom stereocenters. The van der Waals surface area contributed by atoms with Crippen LogP contribution in [0.4, 0.5) is 0 Å². The lowest BCUT2D eigenvalue weighted by atomic mass is 10.1. The zero-order valence-electron chi connectivity index (χ0n) is 12.9. The molecule has 21 heavy (non-hydrogen) atoms. The van der Waals surface area contributed by atoms with Crippen LogP contribution in [-0.2, 0) is 6.54 Å². The quantitative estimate of drug-likeness (QED) is 0.818. The Morgan fingerprint density at radius 1 is 1.05 bits per heavy atom. The smallest absolute Gasteiger partial charge is 0.131 e. The maximum atomic E-state index is 4.52. The minimum atomic E-state index is 0.657. The fourth-order valence-corrected chi connectivity index (χ4v) is 3.35. The van der Waals surface area contributed by atoms with Crippen LogP contribution < -0.4 is 0 Å². The van der Waals surface area contributed by atoms with Crippen LogP contribution in [0.5, 0.6) is 0 Å². The molecule has 1 aromatic heterocycles. The Bertz CT molecular complexity index is 470. The normalized spacial score (nSPS) is 26.0. The summed E-state index contributed by atoms with van der Waals surface area (Å²) in [7, 11) is 2.22. The number of aromatic nitrogens is 2. The Morgan fingerprint density at radius 2 is 1.71 bits per heavy atom. The maximum absolute atomic E-state index is 4.52. The van der Waals surface area contributed by atoms with E-state index >= 15 is 0 Å². The van der Waals surface area contributed by atoms with E-state index in [1.807, 2.05) is 12.4 Å². The SMILES string of the molecule is CN1CCN(C2CN(Cc3cnc(C4CC4)nc3)C2)CC1. The first-order valence-corrected chi connectivity index (χ1v) is 8.24. The summed E-state index contributed by atoms with van der Waals surface area (Å²) in [6.45, 7) is 8.31. The fraction of sp³-hybridized carbons (Fsp3) is 0.750. The van der Waals surface area contributed by atoms with Gasteiger partial charge in [-0.3, -0.25) is 9.80 Å². The second kappa shape index (κ2) is 5.63. The van der Waals surface area contributed by atoms with Gasteiger partial charge in [0.25, 0.3) is 0 Å². The summed E-state index contributed by atoms with van der Waals surface area (Å²) in [5.41, 5.74) is 1.26. The van der Waals surface area contributed by atoms with E-state index in [1.165, 1.54) is 57.7 Å². The third kappa shape index (κ3) is 3.10. The second-order valence-electron chi connectivity index (χ2n) is 6.91. The van der Waals surface area contributed by atoms with Gasteiger partial charge in [-0.2, -0.15) is 0 Å². The number of likely N-dealkylation sites (N-methyl/N-ethyl adjacent to an activating group) is 1. The molecule has 3 heterocycles. The van der Waals surface area contributed by atoms with Crippen LogP contribution in [0, 0.1) is 0 Å². The van der Waals surface area contributed by atoms with Crippen LogP contribution in [0.1, 0.15) is 30.1 Å². The second-order valence-corrected chi connectivity index (χ2v) is 6.91. The van der Waals surface area contributed by atoms with Crippen LogP contribution in [0.25, 0.3) is 0 Å². The molecule has 0 spiro atoms. The van der Waals surface area contributed by atoms with E-state index in [1.54, 1.807) is 0 Å². The van der Waals surface area contributed by atoms with E-state index in [2.05, 4.69) is 31.7 Å². The molecule has 1 aromatic rings. The molecule has 1 saturated carbocycles. The minimum absolute atomic E-state index is 0.657. The molecule has 5 nitrogen and oxygen atoms in total. The standard InChI is InChI=1S/C16H25N5/c1-19-4-6-21(7-5-19)15-11-20(12-15)10-13-8-17-16(18-9-13)14-2-3-14/h8-9,14-15H,2-7,10-12H2,1H3. The number of piperazine rings is 1. The highest BCUT2D eigenvalue weighted by Gasteiger charge is 2.33. The number of likely N-dealkylation sites (tertiary alicyclic amines) is 1. The van der Waals surface area contributed by atoms with Crippen molar-refractivity contribution in [2.45, 2.75) is 31.3 Å². The number of hydrogen-bond acceptors (Lipinski definition) is 5. The van der Waals surface area contributed by atoms with Gasteiger partial charge in [0.1, 0.15) is 5.82 Å². The Hall–Kier alpha value is -1.04. The van der Waals surface area contributed by atoms with Gasteiger partial charge < -0.3 is 4.90 Å². The van der Waals surface area contributed by atoms with Crippen LogP contribution in [-0.4, -0.2) is 77.0 Å². The predicted octanol–water partition coefficient (Wildman–Crippen LogP) is 0.786. The lowest BCUT2D eigenvalue weighted by Gasteiger charge is -2.47. The number of rotatable bonds is 4. The van der Waals surface area contributed by atoms with Crippen LogP contribution in [0.2, 0.25) is 0 Å². The van der Waals surface area contributed by atoms with Crippen molar-refractivity contribution in [1.29, 1.82) is 0 Å². The van der Waals surface area contributed by atoms with E-state index in [9.17, 15) is 0 Å². The van der Waals surface area contributed by atoms with Crippen molar-refractivity contribution in [3.63, 3.8) is 0 Å². The lowest BCUT2D eigenvalue weighted by Crippen LogP contribution is -2.62. The van der Waals surface area contributed by atoms with Crippen molar-refractivity contribution >= 4 is 0 Å². The molecule has 4 rings (SSSR count). The molecule has 0 N–H and O–H groups in total. The lowest BCUT2D eigenvalue weighted by molar-refractivity contribution is 0.00535. The Balaban J connectivity index is 1.24. The molecule has 0 amide bonds. The minimum Gasteiger partial charge on any atom is -0.304 e. The monoisotopic (exact) mass is 287 g/mol. The highest BCUT2D eigenvalue weighted by molar-refractivity contribution is 5.11. The van der Waals surface area contributed by atoms with Gasteiger partial charge in [-0.05, 0) is 19.9 Å². The van der Waals surface area contributed by atoms with E-state index in [0.29, 0.717) is 5.92 Å². The molecule has 0 bridgehead atoms. The van der Waals surface area contributed by atoms with E-state index in [4.69, 9.17) is 0 Å². The van der Waals surface area contributed by atoms with E-state index < -0.39 is 0 Å². The van der Waals surface area contributed by atoms with Crippen molar-refractivity contribution in [2.24, 2.45) is 0 Å². The zero-order valence-corrected chi connectivity index (χ0v) is 12.9. The van der Waals surface area contributed by atoms with E-state index in [-0.39, 0.29) is 0 Å². The van der Waals surface area contributed by atoms with Crippen LogP contribution in [0.15, 0.2) is 12.4 Å². The van der Waals surface area contributed by atoms with E-state index in [0.717, 1.165) is 18.4 Å². The van der Waals surface area contributed by atoms with Gasteiger partial charge in [-0.1, -0.05) is 0 Å². The van der Waals surface area contributed by atoms with Crippen LogP contribution in [0.3, 0.4) is 0 Å². The molecule has 0 aromatic carbocycles. The number of hydrogen-bond donors (Lipinski definition) is 0.